The Morgan fingerprint density at radius 2 is 0.977 bits per heavy atom. The number of nitrogens with one attached hydrogen (secondary N) is 2. The van der Waals surface area contributed by atoms with Crippen LogP contribution < -0.4 is 10.6 Å². The molecule has 0 atom stereocenters. The Hall–Kier alpha value is -4.80. The molecule has 0 aromatic heterocycles. The first-order chi connectivity index (χ1) is 20.0. The maximum absolute atomic E-state index is 14.9. The fourth-order valence-electron chi connectivity index (χ4n) is 4.64. The molecule has 11 heteroatoms. The molecule has 0 radical (unpaired) electrons. The molecular formula is C32H26F6N2O3. The zero-order valence-corrected chi connectivity index (χ0v) is 23.1. The van der Waals surface area contributed by atoms with E-state index in [0.717, 1.165) is 17.2 Å². The third kappa shape index (κ3) is 6.06. The Morgan fingerprint density at radius 3 is 1.42 bits per heavy atom. The molecule has 224 valence electrons. The van der Waals surface area contributed by atoms with Crippen molar-refractivity contribution in [2.24, 2.45) is 0 Å². The van der Waals surface area contributed by atoms with Crippen molar-refractivity contribution in [3.8, 4) is 5.75 Å². The second kappa shape index (κ2) is 11.5. The molecule has 4 aromatic rings. The van der Waals surface area contributed by atoms with Crippen LogP contribution >= 0.6 is 0 Å². The average molecular weight is 601 g/mol. The minimum Gasteiger partial charge on any atom is -0.506 e. The predicted molar refractivity (Wildman–Crippen MR) is 150 cm³/mol. The van der Waals surface area contributed by atoms with Gasteiger partial charge in [0.2, 0.25) is 5.41 Å². The van der Waals surface area contributed by atoms with Gasteiger partial charge >= 0.3 is 12.4 Å². The van der Waals surface area contributed by atoms with Crippen molar-refractivity contribution >= 4 is 23.2 Å². The van der Waals surface area contributed by atoms with Crippen LogP contribution in [0.5, 0.6) is 5.75 Å². The summed E-state index contributed by atoms with van der Waals surface area (Å²) in [6.07, 6.45) is -11.9. The van der Waals surface area contributed by atoms with Gasteiger partial charge in [-0.25, -0.2) is 0 Å². The number of carbonyl (C=O) groups is 2. The van der Waals surface area contributed by atoms with Crippen molar-refractivity contribution in [2.45, 2.75) is 38.5 Å². The summed E-state index contributed by atoms with van der Waals surface area (Å²) in [7, 11) is 0. The number of rotatable bonds is 6. The van der Waals surface area contributed by atoms with Gasteiger partial charge in [-0.2, -0.15) is 26.3 Å². The third-order valence-corrected chi connectivity index (χ3v) is 7.07. The normalized spacial score (nSPS) is 12.1. The lowest BCUT2D eigenvalue weighted by Crippen LogP contribution is -2.54. The smallest absolute Gasteiger partial charge is 0.411 e. The molecule has 0 spiro atoms. The van der Waals surface area contributed by atoms with Crippen LogP contribution in [-0.4, -0.2) is 29.3 Å². The number of halogens is 6. The Balaban J connectivity index is 1.85. The van der Waals surface area contributed by atoms with Gasteiger partial charge in [0.25, 0.3) is 11.8 Å². The summed E-state index contributed by atoms with van der Waals surface area (Å²) in [5.41, 5.74) is -5.93. The standard InChI is InChI=1S/C32H26F6N2O3/c1-18-4-9-21(10-5-18)28(42)39-25-16-23(13-8-20(25)3)30(31(33,34)35,32(36,37)38)24-14-15-27(41)26(17-24)40-29(43)22-11-6-19(2)7-12-22/h4-17,41H,1-3H3,(H,39,42)(H,40,43). The lowest BCUT2D eigenvalue weighted by molar-refractivity contribution is -0.288. The fraction of sp³-hybridized carbons (Fsp3) is 0.188. The Labute approximate surface area is 243 Å². The summed E-state index contributed by atoms with van der Waals surface area (Å²) in [4.78, 5) is 25.5. The van der Waals surface area contributed by atoms with Crippen molar-refractivity contribution in [2.75, 3.05) is 10.6 Å². The van der Waals surface area contributed by atoms with Crippen LogP contribution in [0.15, 0.2) is 84.9 Å². The van der Waals surface area contributed by atoms with Gasteiger partial charge in [-0.05, 0) is 79.9 Å². The molecule has 2 amide bonds. The number of aromatic hydroxyl groups is 1. The first-order valence-corrected chi connectivity index (χ1v) is 12.9. The number of carbonyl (C=O) groups excluding carboxylic acids is 2. The molecule has 4 rings (SSSR count). The summed E-state index contributed by atoms with van der Waals surface area (Å²) >= 11 is 0. The molecule has 0 unspecified atom stereocenters. The van der Waals surface area contributed by atoms with Gasteiger partial charge in [0.15, 0.2) is 0 Å². The highest BCUT2D eigenvalue weighted by Crippen LogP contribution is 2.57. The molecule has 0 heterocycles. The summed E-state index contributed by atoms with van der Waals surface area (Å²) in [5.74, 6) is -2.32. The first-order valence-electron chi connectivity index (χ1n) is 12.9. The number of hydrogen-bond donors (Lipinski definition) is 3. The molecule has 43 heavy (non-hydrogen) atoms. The van der Waals surface area contributed by atoms with Gasteiger partial charge in [0, 0.05) is 16.8 Å². The van der Waals surface area contributed by atoms with E-state index in [1.54, 1.807) is 38.1 Å². The van der Waals surface area contributed by atoms with Crippen LogP contribution in [0.1, 0.15) is 48.5 Å². The zero-order chi connectivity index (χ0) is 31.7. The quantitative estimate of drug-likeness (QED) is 0.154. The second-order valence-electron chi connectivity index (χ2n) is 10.1. The molecule has 0 aliphatic heterocycles. The lowest BCUT2D eigenvalue weighted by Gasteiger charge is -2.38. The van der Waals surface area contributed by atoms with E-state index >= 15 is 0 Å². The highest BCUT2D eigenvalue weighted by Gasteiger charge is 2.72. The molecule has 0 saturated carbocycles. The van der Waals surface area contributed by atoms with E-state index in [4.69, 9.17) is 0 Å². The van der Waals surface area contributed by atoms with Crippen molar-refractivity contribution < 1.29 is 41.0 Å². The number of phenolic OH excluding ortho intramolecular Hbond substituents is 1. The number of benzene rings is 4. The van der Waals surface area contributed by atoms with Gasteiger partial charge in [-0.3, -0.25) is 9.59 Å². The Morgan fingerprint density at radius 1 is 0.581 bits per heavy atom. The highest BCUT2D eigenvalue weighted by atomic mass is 19.4. The van der Waals surface area contributed by atoms with Gasteiger partial charge in [0.1, 0.15) is 5.75 Å². The van der Waals surface area contributed by atoms with E-state index in [9.17, 15) is 41.0 Å². The minimum absolute atomic E-state index is 0.0702. The van der Waals surface area contributed by atoms with Crippen molar-refractivity contribution in [3.05, 3.63) is 124 Å². The van der Waals surface area contributed by atoms with E-state index in [0.29, 0.717) is 30.3 Å². The highest BCUT2D eigenvalue weighted by molar-refractivity contribution is 6.05. The summed E-state index contributed by atoms with van der Waals surface area (Å²) < 4.78 is 89.3. The number of hydrogen-bond acceptors (Lipinski definition) is 3. The van der Waals surface area contributed by atoms with E-state index in [1.165, 1.54) is 31.2 Å². The van der Waals surface area contributed by atoms with E-state index in [1.807, 2.05) is 0 Å². The molecule has 0 saturated heterocycles. The molecular weight excluding hydrogens is 574 g/mol. The number of alkyl halides is 6. The van der Waals surface area contributed by atoms with Crippen LogP contribution in [0.2, 0.25) is 0 Å². The number of amides is 2. The van der Waals surface area contributed by atoms with Gasteiger partial charge in [-0.15, -0.1) is 0 Å². The second-order valence-corrected chi connectivity index (χ2v) is 10.1. The maximum Gasteiger partial charge on any atom is 0.411 e. The summed E-state index contributed by atoms with van der Waals surface area (Å²) in [5, 5.41) is 14.9. The molecule has 4 aromatic carbocycles. The van der Waals surface area contributed by atoms with Gasteiger partial charge in [-0.1, -0.05) is 53.6 Å². The molecule has 0 bridgehead atoms. The monoisotopic (exact) mass is 600 g/mol. The summed E-state index contributed by atoms with van der Waals surface area (Å²) in [6.45, 7) is 4.97. The predicted octanol–water partition coefficient (Wildman–Crippen LogP) is 8.23. The number of anilines is 2. The molecule has 5 nitrogen and oxygen atoms in total. The first kappa shape index (κ1) is 31.1. The van der Waals surface area contributed by atoms with Crippen LogP contribution in [0.4, 0.5) is 37.7 Å². The Kier molecular flexibility index (Phi) is 8.31. The van der Waals surface area contributed by atoms with Crippen LogP contribution in [0, 0.1) is 20.8 Å². The molecule has 0 aliphatic carbocycles. The van der Waals surface area contributed by atoms with Gasteiger partial charge < -0.3 is 15.7 Å². The molecule has 0 fully saturated rings. The number of aryl methyl sites for hydroxylation is 3. The van der Waals surface area contributed by atoms with E-state index in [2.05, 4.69) is 10.6 Å². The van der Waals surface area contributed by atoms with Crippen LogP contribution in [-0.2, 0) is 5.41 Å². The average Bonchev–Trinajstić information content (AvgIpc) is 2.91. The van der Waals surface area contributed by atoms with Crippen LogP contribution in [0.3, 0.4) is 0 Å². The minimum atomic E-state index is -5.95. The van der Waals surface area contributed by atoms with Gasteiger partial charge in [0.05, 0.1) is 5.69 Å². The summed E-state index contributed by atoms with van der Waals surface area (Å²) in [6, 6.07) is 16.2. The van der Waals surface area contributed by atoms with E-state index < -0.39 is 52.1 Å². The van der Waals surface area contributed by atoms with Crippen molar-refractivity contribution in [1.82, 2.24) is 0 Å². The Bertz CT molecular complexity index is 1540. The zero-order valence-electron chi connectivity index (χ0n) is 23.1. The van der Waals surface area contributed by atoms with Crippen molar-refractivity contribution in [1.29, 1.82) is 0 Å². The lowest BCUT2D eigenvalue weighted by atomic mass is 9.72. The largest absolute Gasteiger partial charge is 0.506 e. The van der Waals surface area contributed by atoms with Crippen LogP contribution in [0.25, 0.3) is 0 Å². The van der Waals surface area contributed by atoms with Crippen molar-refractivity contribution in [3.63, 3.8) is 0 Å². The molecule has 0 aliphatic rings. The topological polar surface area (TPSA) is 78.4 Å². The SMILES string of the molecule is Cc1ccc(C(=O)Nc2cc(C(c3ccc(O)c(NC(=O)c4ccc(C)cc4)c3)(C(F)(F)F)C(F)(F)F)ccc2C)cc1. The number of phenols is 1. The van der Waals surface area contributed by atoms with E-state index in [-0.39, 0.29) is 22.4 Å². The molecule has 3 N–H and O–H groups in total. The fourth-order valence-corrected chi connectivity index (χ4v) is 4.64. The maximum atomic E-state index is 14.9. The third-order valence-electron chi connectivity index (χ3n) is 7.07.